The van der Waals surface area contributed by atoms with Crippen LogP contribution in [0.3, 0.4) is 0 Å². The Morgan fingerprint density at radius 1 is 1.22 bits per heavy atom. The molecule has 8 heteroatoms. The van der Waals surface area contributed by atoms with E-state index >= 15 is 0 Å². The number of nitrogens with zero attached hydrogens (tertiary/aromatic N) is 2. The van der Waals surface area contributed by atoms with Gasteiger partial charge in [-0.2, -0.15) is 0 Å². The summed E-state index contributed by atoms with van der Waals surface area (Å²) in [5.41, 5.74) is 0. The fraction of sp³-hybridized carbons (Fsp3) is 0.800. The highest BCUT2D eigenvalue weighted by molar-refractivity contribution is 6.60. The van der Waals surface area contributed by atoms with Crippen LogP contribution >= 0.6 is 0 Å². The van der Waals surface area contributed by atoms with Gasteiger partial charge in [0.25, 0.3) is 0 Å². The highest BCUT2D eigenvalue weighted by Gasteiger charge is 2.36. The molecule has 1 N–H and O–H groups in total. The van der Waals surface area contributed by atoms with Crippen molar-refractivity contribution in [1.29, 1.82) is 0 Å². The van der Waals surface area contributed by atoms with Gasteiger partial charge in [-0.3, -0.25) is 0 Å². The van der Waals surface area contributed by atoms with Crippen LogP contribution in [0.2, 0.25) is 6.04 Å². The molecule has 7 nitrogen and oxygen atoms in total. The molecule has 0 aliphatic heterocycles. The maximum atomic E-state index is 10.0. The number of hydrogen-bond acceptors (Lipinski definition) is 5. The average Bonchev–Trinajstić information content (AvgIpc) is 2.99. The van der Waals surface area contributed by atoms with E-state index in [1.54, 1.807) is 21.3 Å². The van der Waals surface area contributed by atoms with Gasteiger partial charge < -0.3 is 23.1 Å². The Bertz CT molecular complexity index is 417. The van der Waals surface area contributed by atoms with Gasteiger partial charge in [0.15, 0.2) is 0 Å². The number of rotatable bonds is 13. The third kappa shape index (κ3) is 7.11. The Morgan fingerprint density at radius 3 is 2.52 bits per heavy atom. The van der Waals surface area contributed by atoms with Crippen LogP contribution in [0.4, 0.5) is 0 Å². The van der Waals surface area contributed by atoms with Crippen LogP contribution in [0, 0.1) is 0 Å². The standard InChI is InChI=1S/C15H31N2O5Si/c1-5-7-16-8-9-17(14-16)12-15(18)13-22-10-6-11-23(19-2,20-3)21-4/h8-9,14-15,18H,5-7,10-13H2,1-4H3/q+1. The molecule has 0 saturated carbocycles. The number of ether oxygens (including phenoxy) is 1. The van der Waals surface area contributed by atoms with E-state index in [9.17, 15) is 5.11 Å². The average molecular weight is 348 g/mol. The van der Waals surface area contributed by atoms with Crippen LogP contribution in [-0.4, -0.2) is 59.1 Å². The summed E-state index contributed by atoms with van der Waals surface area (Å²) in [6.45, 7) is 4.52. The molecule has 0 radical (unpaired) electrons. The number of imidazole rings is 1. The van der Waals surface area contributed by atoms with Gasteiger partial charge in [-0.05, 0) is 12.8 Å². The van der Waals surface area contributed by atoms with Crippen molar-refractivity contribution in [3.63, 3.8) is 0 Å². The first-order chi connectivity index (χ1) is 11.1. The molecule has 0 bridgehead atoms. The first-order valence-corrected chi connectivity index (χ1v) is 9.98. The SMILES string of the molecule is CCCn1cc[n+](CC(O)COCCC[Si](OC)(OC)OC)c1. The van der Waals surface area contributed by atoms with Crippen LogP contribution in [-0.2, 0) is 31.1 Å². The molecule has 0 fully saturated rings. The molecule has 23 heavy (non-hydrogen) atoms. The van der Waals surface area contributed by atoms with Crippen LogP contribution < -0.4 is 4.57 Å². The predicted molar refractivity (Wildman–Crippen MR) is 87.9 cm³/mol. The molecule has 0 amide bonds. The van der Waals surface area contributed by atoms with Crippen molar-refractivity contribution in [2.45, 2.75) is 45.0 Å². The third-order valence-electron chi connectivity index (χ3n) is 3.66. The normalized spacial score (nSPS) is 13.4. The molecule has 1 aromatic rings. The van der Waals surface area contributed by atoms with Gasteiger partial charge in [-0.1, -0.05) is 6.92 Å². The minimum Gasteiger partial charge on any atom is -0.387 e. The van der Waals surface area contributed by atoms with E-state index in [0.717, 1.165) is 19.4 Å². The Kier molecular flexibility index (Phi) is 9.61. The largest absolute Gasteiger partial charge is 0.500 e. The molecular weight excluding hydrogens is 316 g/mol. The van der Waals surface area contributed by atoms with Crippen molar-refractivity contribution in [3.05, 3.63) is 18.7 Å². The van der Waals surface area contributed by atoms with Gasteiger partial charge in [0.1, 0.15) is 25.0 Å². The number of aliphatic hydroxyl groups excluding tert-OH is 1. The van der Waals surface area contributed by atoms with E-state index in [1.807, 2.05) is 23.3 Å². The molecule has 0 aromatic carbocycles. The third-order valence-corrected chi connectivity index (χ3v) is 6.50. The molecule has 0 aliphatic carbocycles. The maximum Gasteiger partial charge on any atom is 0.500 e. The van der Waals surface area contributed by atoms with Gasteiger partial charge >= 0.3 is 8.80 Å². The fourth-order valence-electron chi connectivity index (χ4n) is 2.40. The van der Waals surface area contributed by atoms with Gasteiger partial charge in [-0.25, -0.2) is 9.13 Å². The monoisotopic (exact) mass is 347 g/mol. The lowest BCUT2D eigenvalue weighted by Crippen LogP contribution is -2.43. The summed E-state index contributed by atoms with van der Waals surface area (Å²) in [6.07, 6.45) is 7.33. The summed E-state index contributed by atoms with van der Waals surface area (Å²) in [7, 11) is 2.30. The zero-order valence-electron chi connectivity index (χ0n) is 14.7. The number of aryl methyl sites for hydroxylation is 1. The smallest absolute Gasteiger partial charge is 0.387 e. The van der Waals surface area contributed by atoms with E-state index in [2.05, 4.69) is 11.5 Å². The van der Waals surface area contributed by atoms with E-state index < -0.39 is 14.9 Å². The van der Waals surface area contributed by atoms with Crippen molar-refractivity contribution in [2.24, 2.45) is 0 Å². The molecule has 1 rings (SSSR count). The highest BCUT2D eigenvalue weighted by Crippen LogP contribution is 2.14. The van der Waals surface area contributed by atoms with Crippen molar-refractivity contribution < 1.29 is 27.7 Å². The predicted octanol–water partition coefficient (Wildman–Crippen LogP) is 0.831. The minimum absolute atomic E-state index is 0.313. The van der Waals surface area contributed by atoms with Crippen molar-refractivity contribution in [2.75, 3.05) is 34.5 Å². The lowest BCUT2D eigenvalue weighted by molar-refractivity contribution is -0.703. The topological polar surface area (TPSA) is 66.0 Å². The molecule has 1 atom stereocenters. The van der Waals surface area contributed by atoms with Crippen LogP contribution in [0.25, 0.3) is 0 Å². The molecule has 1 heterocycles. The van der Waals surface area contributed by atoms with Gasteiger partial charge in [0.05, 0.1) is 13.2 Å². The summed E-state index contributed by atoms with van der Waals surface area (Å²) in [5, 5.41) is 10.0. The Morgan fingerprint density at radius 2 is 1.91 bits per heavy atom. The quantitative estimate of drug-likeness (QED) is 0.325. The summed E-state index contributed by atoms with van der Waals surface area (Å²) >= 11 is 0. The van der Waals surface area contributed by atoms with E-state index in [0.29, 0.717) is 25.8 Å². The van der Waals surface area contributed by atoms with Crippen molar-refractivity contribution in [3.8, 4) is 0 Å². The van der Waals surface area contributed by atoms with Crippen LogP contribution in [0.1, 0.15) is 19.8 Å². The Hall–Kier alpha value is -0.773. The molecule has 0 saturated heterocycles. The molecule has 0 spiro atoms. The molecule has 0 aliphatic rings. The summed E-state index contributed by atoms with van der Waals surface area (Å²) in [6, 6.07) is 0.696. The first kappa shape index (κ1) is 20.3. The highest BCUT2D eigenvalue weighted by atomic mass is 28.4. The lowest BCUT2D eigenvalue weighted by atomic mass is 10.4. The maximum absolute atomic E-state index is 10.0. The zero-order chi connectivity index (χ0) is 17.1. The van der Waals surface area contributed by atoms with E-state index in [1.165, 1.54) is 0 Å². The number of aromatic nitrogens is 2. The van der Waals surface area contributed by atoms with E-state index in [4.69, 9.17) is 18.0 Å². The molecule has 1 unspecified atom stereocenters. The lowest BCUT2D eigenvalue weighted by Gasteiger charge is -2.24. The second kappa shape index (κ2) is 10.9. The van der Waals surface area contributed by atoms with E-state index in [-0.39, 0.29) is 0 Å². The zero-order valence-corrected chi connectivity index (χ0v) is 15.7. The fourth-order valence-corrected chi connectivity index (χ4v) is 4.09. The molecular formula is C15H31N2O5Si+. The Labute approximate surface area is 140 Å². The second-order valence-corrected chi connectivity index (χ2v) is 8.57. The molecule has 134 valence electrons. The summed E-state index contributed by atoms with van der Waals surface area (Å²) in [5.74, 6) is 0. The Balaban J connectivity index is 2.19. The number of aliphatic hydroxyl groups is 1. The molecule has 1 aromatic heterocycles. The number of hydrogen-bond donors (Lipinski definition) is 1. The van der Waals surface area contributed by atoms with Gasteiger partial charge in [0, 0.05) is 34.0 Å². The minimum atomic E-state index is -2.51. The van der Waals surface area contributed by atoms with Crippen molar-refractivity contribution >= 4 is 8.80 Å². The van der Waals surface area contributed by atoms with Gasteiger partial charge in [0.2, 0.25) is 6.33 Å². The van der Waals surface area contributed by atoms with Crippen molar-refractivity contribution in [1.82, 2.24) is 4.57 Å². The van der Waals surface area contributed by atoms with Crippen LogP contribution in [0.15, 0.2) is 18.7 Å². The second-order valence-electron chi connectivity index (χ2n) is 5.48. The van der Waals surface area contributed by atoms with Gasteiger partial charge in [-0.15, -0.1) is 0 Å². The first-order valence-electron chi connectivity index (χ1n) is 8.05. The summed E-state index contributed by atoms with van der Waals surface area (Å²) < 4.78 is 25.7. The summed E-state index contributed by atoms with van der Waals surface area (Å²) in [4.78, 5) is 0. The van der Waals surface area contributed by atoms with Crippen LogP contribution in [0.5, 0.6) is 0 Å².